The topological polar surface area (TPSA) is 33.6 Å². The molecule has 1 atom stereocenters. The van der Waals surface area contributed by atoms with E-state index in [9.17, 15) is 0 Å². The minimum atomic E-state index is 0.0948. The Kier molecular flexibility index (Phi) is 3.82. The maximum absolute atomic E-state index is 5.62. The van der Waals surface area contributed by atoms with Crippen LogP contribution in [0.25, 0.3) is 0 Å². The summed E-state index contributed by atoms with van der Waals surface area (Å²) in [4.78, 5) is 5.07. The van der Waals surface area contributed by atoms with Crippen LogP contribution >= 0.6 is 11.8 Å². The van der Waals surface area contributed by atoms with Crippen molar-refractivity contribution in [2.75, 3.05) is 19.0 Å². The normalized spacial score (nSPS) is 43.3. The van der Waals surface area contributed by atoms with E-state index in [1.165, 1.54) is 43.0 Å². The van der Waals surface area contributed by atoms with Crippen molar-refractivity contribution in [1.29, 1.82) is 0 Å². The minimum Gasteiger partial charge on any atom is -0.379 e. The molecule has 3 nitrogen and oxygen atoms in total. The SMILES string of the molecule is CC1CCC2(CC1)CSC(NC1(C)CCCOC1)=N2. The Labute approximate surface area is 121 Å². The average Bonchev–Trinajstić information content (AvgIpc) is 2.77. The Morgan fingerprint density at radius 2 is 2.11 bits per heavy atom. The fraction of sp³-hybridized carbons (Fsp3) is 0.933. The monoisotopic (exact) mass is 282 g/mol. The van der Waals surface area contributed by atoms with E-state index in [1.807, 2.05) is 11.8 Å². The summed E-state index contributed by atoms with van der Waals surface area (Å²) < 4.78 is 5.62. The minimum absolute atomic E-state index is 0.0948. The molecule has 2 fully saturated rings. The van der Waals surface area contributed by atoms with Crippen molar-refractivity contribution in [2.45, 2.75) is 63.5 Å². The van der Waals surface area contributed by atoms with Crippen molar-refractivity contribution in [2.24, 2.45) is 10.9 Å². The van der Waals surface area contributed by atoms with E-state index in [4.69, 9.17) is 9.73 Å². The molecule has 19 heavy (non-hydrogen) atoms. The molecule has 0 radical (unpaired) electrons. The molecule has 0 aromatic rings. The molecular weight excluding hydrogens is 256 g/mol. The molecule has 3 rings (SSSR count). The van der Waals surface area contributed by atoms with E-state index in [1.54, 1.807) is 0 Å². The van der Waals surface area contributed by atoms with Crippen LogP contribution in [-0.4, -0.2) is 35.2 Å². The van der Waals surface area contributed by atoms with Crippen LogP contribution in [0.15, 0.2) is 4.99 Å². The second-order valence-corrected chi connectivity index (χ2v) is 7.92. The molecule has 0 amide bonds. The van der Waals surface area contributed by atoms with E-state index in [-0.39, 0.29) is 11.1 Å². The summed E-state index contributed by atoms with van der Waals surface area (Å²) in [5.74, 6) is 2.08. The van der Waals surface area contributed by atoms with Gasteiger partial charge in [0.05, 0.1) is 17.7 Å². The third kappa shape index (κ3) is 3.10. The quantitative estimate of drug-likeness (QED) is 0.802. The summed E-state index contributed by atoms with van der Waals surface area (Å²) in [7, 11) is 0. The predicted octanol–water partition coefficient (Wildman–Crippen LogP) is 3.20. The summed E-state index contributed by atoms with van der Waals surface area (Å²) in [6.45, 7) is 6.37. The van der Waals surface area contributed by atoms with E-state index in [0.29, 0.717) is 0 Å². The molecule has 1 aliphatic carbocycles. The van der Waals surface area contributed by atoms with Crippen LogP contribution < -0.4 is 5.32 Å². The molecule has 0 aromatic carbocycles. The molecule has 3 aliphatic rings. The first-order valence-electron chi connectivity index (χ1n) is 7.68. The summed E-state index contributed by atoms with van der Waals surface area (Å²) in [6.07, 6.45) is 7.59. The van der Waals surface area contributed by atoms with Gasteiger partial charge in [-0.05, 0) is 51.4 Å². The van der Waals surface area contributed by atoms with Crippen molar-refractivity contribution in [1.82, 2.24) is 5.32 Å². The van der Waals surface area contributed by atoms with Crippen LogP contribution in [0.1, 0.15) is 52.4 Å². The van der Waals surface area contributed by atoms with Gasteiger partial charge in [0.25, 0.3) is 0 Å². The Hall–Kier alpha value is -0.220. The van der Waals surface area contributed by atoms with Gasteiger partial charge in [0.15, 0.2) is 5.17 Å². The van der Waals surface area contributed by atoms with Gasteiger partial charge in [-0.3, -0.25) is 4.99 Å². The number of hydrogen-bond donors (Lipinski definition) is 1. The maximum atomic E-state index is 5.62. The van der Waals surface area contributed by atoms with Crippen LogP contribution in [0.5, 0.6) is 0 Å². The van der Waals surface area contributed by atoms with E-state index < -0.39 is 0 Å². The highest BCUT2D eigenvalue weighted by molar-refractivity contribution is 8.14. The van der Waals surface area contributed by atoms with Crippen LogP contribution in [0.2, 0.25) is 0 Å². The van der Waals surface area contributed by atoms with Crippen molar-refractivity contribution >= 4 is 16.9 Å². The fourth-order valence-corrected chi connectivity index (χ4v) is 4.73. The predicted molar refractivity (Wildman–Crippen MR) is 81.8 cm³/mol. The molecule has 1 saturated heterocycles. The zero-order chi connectivity index (χ0) is 13.3. The molecule has 1 unspecified atom stereocenters. The van der Waals surface area contributed by atoms with Gasteiger partial charge in [0, 0.05) is 12.4 Å². The largest absolute Gasteiger partial charge is 0.379 e. The first kappa shape index (κ1) is 13.7. The van der Waals surface area contributed by atoms with Gasteiger partial charge in [-0.25, -0.2) is 0 Å². The smallest absolute Gasteiger partial charge is 0.157 e. The molecule has 0 aromatic heterocycles. The zero-order valence-electron chi connectivity index (χ0n) is 12.2. The van der Waals surface area contributed by atoms with Gasteiger partial charge in [0.1, 0.15) is 0 Å². The fourth-order valence-electron chi connectivity index (χ4n) is 3.39. The van der Waals surface area contributed by atoms with E-state index in [0.717, 1.165) is 25.6 Å². The molecule has 4 heteroatoms. The first-order chi connectivity index (χ1) is 9.09. The van der Waals surface area contributed by atoms with Gasteiger partial charge >= 0.3 is 0 Å². The van der Waals surface area contributed by atoms with Gasteiger partial charge < -0.3 is 10.1 Å². The van der Waals surface area contributed by atoms with Gasteiger partial charge in [0.2, 0.25) is 0 Å². The Balaban J connectivity index is 1.63. The van der Waals surface area contributed by atoms with Crippen molar-refractivity contribution in [3.63, 3.8) is 0 Å². The molecular formula is C15H26N2OS. The van der Waals surface area contributed by atoms with Crippen molar-refractivity contribution in [3.05, 3.63) is 0 Å². The van der Waals surface area contributed by atoms with Crippen molar-refractivity contribution < 1.29 is 4.74 Å². The zero-order valence-corrected chi connectivity index (χ0v) is 13.0. The lowest BCUT2D eigenvalue weighted by Gasteiger charge is -2.35. The lowest BCUT2D eigenvalue weighted by molar-refractivity contribution is 0.0374. The lowest BCUT2D eigenvalue weighted by Crippen LogP contribution is -2.50. The van der Waals surface area contributed by atoms with Gasteiger partial charge in [-0.1, -0.05) is 18.7 Å². The third-order valence-corrected chi connectivity index (χ3v) is 6.02. The van der Waals surface area contributed by atoms with Crippen LogP contribution in [-0.2, 0) is 4.74 Å². The Morgan fingerprint density at radius 3 is 2.79 bits per heavy atom. The summed E-state index contributed by atoms with van der Waals surface area (Å²) in [6, 6.07) is 0. The van der Waals surface area contributed by atoms with E-state index >= 15 is 0 Å². The molecule has 2 aliphatic heterocycles. The number of thioether (sulfide) groups is 1. The molecule has 1 N–H and O–H groups in total. The number of amidine groups is 1. The summed E-state index contributed by atoms with van der Waals surface area (Å²) >= 11 is 1.92. The number of nitrogens with one attached hydrogen (secondary N) is 1. The average molecular weight is 282 g/mol. The van der Waals surface area contributed by atoms with Gasteiger partial charge in [-0.2, -0.15) is 0 Å². The lowest BCUT2D eigenvalue weighted by atomic mass is 9.79. The molecule has 108 valence electrons. The molecule has 0 bridgehead atoms. The Bertz CT molecular complexity index is 355. The van der Waals surface area contributed by atoms with Crippen LogP contribution in [0.3, 0.4) is 0 Å². The highest BCUT2D eigenvalue weighted by Crippen LogP contribution is 2.41. The maximum Gasteiger partial charge on any atom is 0.157 e. The highest BCUT2D eigenvalue weighted by Gasteiger charge is 2.40. The number of rotatable bonds is 1. The third-order valence-electron chi connectivity index (χ3n) is 4.87. The van der Waals surface area contributed by atoms with Crippen LogP contribution in [0, 0.1) is 5.92 Å². The first-order valence-corrected chi connectivity index (χ1v) is 8.66. The summed E-state index contributed by atoms with van der Waals surface area (Å²) in [5.41, 5.74) is 0.350. The highest BCUT2D eigenvalue weighted by atomic mass is 32.2. The Morgan fingerprint density at radius 1 is 1.32 bits per heavy atom. The second-order valence-electron chi connectivity index (χ2n) is 6.95. The molecule has 1 saturated carbocycles. The van der Waals surface area contributed by atoms with Crippen LogP contribution in [0.4, 0.5) is 0 Å². The number of nitrogens with zero attached hydrogens (tertiary/aromatic N) is 1. The number of ether oxygens (including phenoxy) is 1. The molecule has 2 heterocycles. The number of aliphatic imine (C=N–C) groups is 1. The van der Waals surface area contributed by atoms with E-state index in [2.05, 4.69) is 19.2 Å². The van der Waals surface area contributed by atoms with Crippen molar-refractivity contribution in [3.8, 4) is 0 Å². The summed E-state index contributed by atoms with van der Waals surface area (Å²) in [5, 5.41) is 4.83. The standard InChI is InChI=1S/C15H26N2OS/c1-12-4-7-15(8-5-12)11-19-13(17-15)16-14(2)6-3-9-18-10-14/h12H,3-11H2,1-2H3,(H,16,17). The second kappa shape index (κ2) is 5.28. The number of hydrogen-bond acceptors (Lipinski definition) is 4. The molecule has 1 spiro atoms. The van der Waals surface area contributed by atoms with Gasteiger partial charge in [-0.15, -0.1) is 0 Å².